The molecule has 0 aliphatic rings. The molecular formula is C11H10F2NO3. The van der Waals surface area contributed by atoms with E-state index in [1.165, 1.54) is 12.1 Å². The SMILES string of the molecule is C=C[C](C)c1cc([N+](=O)[O-])ccc1OC(F)F. The van der Waals surface area contributed by atoms with Crippen LogP contribution in [0.2, 0.25) is 0 Å². The minimum atomic E-state index is -2.98. The van der Waals surface area contributed by atoms with Gasteiger partial charge in [0.05, 0.1) is 4.92 Å². The Hall–Kier alpha value is -1.98. The summed E-state index contributed by atoms with van der Waals surface area (Å²) in [5.74, 6) is 0.410. The molecule has 0 fully saturated rings. The van der Waals surface area contributed by atoms with Crippen LogP contribution in [0.15, 0.2) is 30.9 Å². The van der Waals surface area contributed by atoms with E-state index in [2.05, 4.69) is 11.3 Å². The molecule has 0 heterocycles. The van der Waals surface area contributed by atoms with Crippen molar-refractivity contribution in [2.24, 2.45) is 0 Å². The standard InChI is InChI=1S/C11H10F2NO3/c1-3-7(2)9-6-8(14(15)16)4-5-10(9)17-11(12)13/h3-6,11H,1H2,2H3. The molecule has 17 heavy (non-hydrogen) atoms. The van der Waals surface area contributed by atoms with Crippen molar-refractivity contribution >= 4 is 5.69 Å². The average molecular weight is 242 g/mol. The third kappa shape index (κ3) is 3.24. The monoisotopic (exact) mass is 242 g/mol. The van der Waals surface area contributed by atoms with Crippen LogP contribution in [-0.2, 0) is 0 Å². The fourth-order valence-electron chi connectivity index (χ4n) is 1.25. The molecule has 0 saturated carbocycles. The molecule has 1 radical (unpaired) electrons. The fraction of sp³-hybridized carbons (Fsp3) is 0.182. The van der Waals surface area contributed by atoms with Gasteiger partial charge in [-0.15, -0.1) is 6.58 Å². The Morgan fingerprint density at radius 1 is 1.59 bits per heavy atom. The third-order valence-electron chi connectivity index (χ3n) is 2.12. The van der Waals surface area contributed by atoms with E-state index >= 15 is 0 Å². The van der Waals surface area contributed by atoms with E-state index in [1.807, 2.05) is 0 Å². The number of rotatable bonds is 5. The highest BCUT2D eigenvalue weighted by atomic mass is 19.3. The van der Waals surface area contributed by atoms with Gasteiger partial charge in [-0.25, -0.2) is 0 Å². The number of halogens is 2. The normalized spacial score (nSPS) is 10.6. The van der Waals surface area contributed by atoms with Crippen LogP contribution in [0.1, 0.15) is 12.5 Å². The van der Waals surface area contributed by atoms with Gasteiger partial charge in [0.1, 0.15) is 5.75 Å². The van der Waals surface area contributed by atoms with Crippen molar-refractivity contribution in [1.29, 1.82) is 0 Å². The van der Waals surface area contributed by atoms with Gasteiger partial charge in [-0.1, -0.05) is 13.0 Å². The molecule has 4 nitrogen and oxygen atoms in total. The van der Waals surface area contributed by atoms with Gasteiger partial charge in [-0.05, 0) is 6.07 Å². The lowest BCUT2D eigenvalue weighted by Crippen LogP contribution is -2.06. The molecule has 0 amide bonds. The Kier molecular flexibility index (Phi) is 4.14. The van der Waals surface area contributed by atoms with Crippen molar-refractivity contribution < 1.29 is 18.4 Å². The number of nitrogens with zero attached hydrogens (tertiary/aromatic N) is 1. The average Bonchev–Trinajstić information content (AvgIpc) is 2.27. The topological polar surface area (TPSA) is 52.4 Å². The van der Waals surface area contributed by atoms with Gasteiger partial charge < -0.3 is 4.74 Å². The molecule has 0 saturated heterocycles. The molecular weight excluding hydrogens is 232 g/mol. The molecule has 1 rings (SSSR count). The first-order chi connectivity index (χ1) is 7.95. The van der Waals surface area contributed by atoms with E-state index in [9.17, 15) is 18.9 Å². The predicted molar refractivity (Wildman–Crippen MR) is 57.9 cm³/mol. The zero-order chi connectivity index (χ0) is 13.0. The Bertz CT molecular complexity index is 435. The van der Waals surface area contributed by atoms with Gasteiger partial charge >= 0.3 is 6.61 Å². The highest BCUT2D eigenvalue weighted by Crippen LogP contribution is 2.31. The molecule has 0 aromatic heterocycles. The first kappa shape index (κ1) is 13.1. The largest absolute Gasteiger partial charge is 0.435 e. The highest BCUT2D eigenvalue weighted by Gasteiger charge is 2.17. The molecule has 0 aliphatic carbocycles. The molecule has 1 aromatic carbocycles. The number of ether oxygens (including phenoxy) is 1. The maximum absolute atomic E-state index is 12.1. The predicted octanol–water partition coefficient (Wildman–Crippen LogP) is 3.32. The number of benzene rings is 1. The van der Waals surface area contributed by atoms with Gasteiger partial charge in [-0.3, -0.25) is 10.1 Å². The number of non-ortho nitro benzene ring substituents is 1. The summed E-state index contributed by atoms with van der Waals surface area (Å²) in [4.78, 5) is 9.97. The Balaban J connectivity index is 3.20. The number of alkyl halides is 2. The van der Waals surface area contributed by atoms with Crippen LogP contribution in [0.4, 0.5) is 14.5 Å². The Morgan fingerprint density at radius 2 is 2.24 bits per heavy atom. The van der Waals surface area contributed by atoms with Crippen molar-refractivity contribution in [2.75, 3.05) is 0 Å². The third-order valence-corrected chi connectivity index (χ3v) is 2.12. The second-order valence-corrected chi connectivity index (χ2v) is 3.20. The smallest absolute Gasteiger partial charge is 0.387 e. The van der Waals surface area contributed by atoms with Crippen LogP contribution in [0.5, 0.6) is 5.75 Å². The molecule has 0 N–H and O–H groups in total. The van der Waals surface area contributed by atoms with Crippen LogP contribution >= 0.6 is 0 Å². The molecule has 0 spiro atoms. The van der Waals surface area contributed by atoms with Crippen LogP contribution in [-0.4, -0.2) is 11.5 Å². The Morgan fingerprint density at radius 3 is 2.71 bits per heavy atom. The molecule has 0 aliphatic heterocycles. The molecule has 0 unspecified atom stereocenters. The van der Waals surface area contributed by atoms with E-state index in [0.717, 1.165) is 12.1 Å². The Labute approximate surface area is 96.7 Å². The van der Waals surface area contributed by atoms with E-state index in [0.29, 0.717) is 5.92 Å². The molecule has 0 atom stereocenters. The van der Waals surface area contributed by atoms with E-state index in [1.54, 1.807) is 6.92 Å². The highest BCUT2D eigenvalue weighted by molar-refractivity contribution is 5.52. The molecule has 0 bridgehead atoms. The summed E-state index contributed by atoms with van der Waals surface area (Å²) in [7, 11) is 0. The van der Waals surface area contributed by atoms with E-state index < -0.39 is 11.5 Å². The first-order valence-corrected chi connectivity index (χ1v) is 4.65. The molecule has 1 aromatic rings. The first-order valence-electron chi connectivity index (χ1n) is 4.65. The summed E-state index contributed by atoms with van der Waals surface area (Å²) in [5, 5.41) is 10.6. The summed E-state index contributed by atoms with van der Waals surface area (Å²) in [6, 6.07) is 3.43. The van der Waals surface area contributed by atoms with Gasteiger partial charge in [0, 0.05) is 23.6 Å². The van der Waals surface area contributed by atoms with E-state index in [-0.39, 0.29) is 17.0 Å². The summed E-state index contributed by atoms with van der Waals surface area (Å²) >= 11 is 0. The van der Waals surface area contributed by atoms with Gasteiger partial charge in [0.15, 0.2) is 0 Å². The van der Waals surface area contributed by atoms with Crippen molar-refractivity contribution in [3.8, 4) is 5.75 Å². The van der Waals surface area contributed by atoms with Crippen molar-refractivity contribution in [3.05, 3.63) is 52.4 Å². The molecule has 6 heteroatoms. The van der Waals surface area contributed by atoms with E-state index in [4.69, 9.17) is 0 Å². The number of hydrogen-bond donors (Lipinski definition) is 0. The van der Waals surface area contributed by atoms with Gasteiger partial charge in [0.2, 0.25) is 0 Å². The van der Waals surface area contributed by atoms with Crippen LogP contribution < -0.4 is 4.74 Å². The second-order valence-electron chi connectivity index (χ2n) is 3.20. The zero-order valence-electron chi connectivity index (χ0n) is 9.02. The minimum absolute atomic E-state index is 0.108. The van der Waals surface area contributed by atoms with Crippen molar-refractivity contribution in [1.82, 2.24) is 0 Å². The second kappa shape index (κ2) is 5.38. The van der Waals surface area contributed by atoms with Crippen molar-refractivity contribution in [2.45, 2.75) is 13.5 Å². The van der Waals surface area contributed by atoms with Crippen LogP contribution in [0, 0.1) is 16.0 Å². The summed E-state index contributed by atoms with van der Waals surface area (Å²) in [6.07, 6.45) is 1.41. The number of nitro groups is 1. The maximum Gasteiger partial charge on any atom is 0.387 e. The van der Waals surface area contributed by atoms with Gasteiger partial charge in [-0.2, -0.15) is 8.78 Å². The lowest BCUT2D eigenvalue weighted by Gasteiger charge is -2.12. The number of allylic oxidation sites excluding steroid dienone is 1. The zero-order valence-corrected chi connectivity index (χ0v) is 9.02. The van der Waals surface area contributed by atoms with Crippen LogP contribution in [0.3, 0.4) is 0 Å². The number of hydrogen-bond acceptors (Lipinski definition) is 3. The summed E-state index contributed by atoms with van der Waals surface area (Å²) in [6.45, 7) is 2.10. The summed E-state index contributed by atoms with van der Waals surface area (Å²) in [5.41, 5.74) is 0.0392. The summed E-state index contributed by atoms with van der Waals surface area (Å²) < 4.78 is 28.6. The lowest BCUT2D eigenvalue weighted by molar-refractivity contribution is -0.384. The fourth-order valence-corrected chi connectivity index (χ4v) is 1.25. The minimum Gasteiger partial charge on any atom is -0.435 e. The van der Waals surface area contributed by atoms with Crippen molar-refractivity contribution in [3.63, 3.8) is 0 Å². The van der Waals surface area contributed by atoms with Gasteiger partial charge in [0.25, 0.3) is 5.69 Å². The molecule has 91 valence electrons. The lowest BCUT2D eigenvalue weighted by atomic mass is 10.00. The maximum atomic E-state index is 12.1. The quantitative estimate of drug-likeness (QED) is 0.587. The number of nitro benzene ring substituents is 1. The van der Waals surface area contributed by atoms with Crippen LogP contribution in [0.25, 0.3) is 0 Å².